The Morgan fingerprint density at radius 2 is 1.95 bits per heavy atom. The highest BCUT2D eigenvalue weighted by Crippen LogP contribution is 2.29. The van der Waals surface area contributed by atoms with Gasteiger partial charge >= 0.3 is 0 Å². The van der Waals surface area contributed by atoms with Gasteiger partial charge in [-0.05, 0) is 77.0 Å². The first-order valence-electron chi connectivity index (χ1n) is 8.49. The third kappa shape index (κ3) is 7.94. The second kappa shape index (κ2) is 8.97. The van der Waals surface area contributed by atoms with Crippen LogP contribution < -0.4 is 5.32 Å². The summed E-state index contributed by atoms with van der Waals surface area (Å²) in [7, 11) is 0. The molecule has 0 aromatic rings. The summed E-state index contributed by atoms with van der Waals surface area (Å²) in [5.74, 6) is 0. The molecule has 2 heteroatoms. The first-order valence-corrected chi connectivity index (χ1v) is 8.49. The highest BCUT2D eigenvalue weighted by Gasteiger charge is 2.22. The fourth-order valence-electron chi connectivity index (χ4n) is 2.98. The third-order valence-electron chi connectivity index (χ3n) is 4.54. The van der Waals surface area contributed by atoms with Crippen molar-refractivity contribution in [2.24, 2.45) is 5.41 Å². The molecule has 0 spiro atoms. The lowest BCUT2D eigenvalue weighted by Gasteiger charge is -2.23. The Kier molecular flexibility index (Phi) is 8.01. The van der Waals surface area contributed by atoms with Crippen molar-refractivity contribution in [3.63, 3.8) is 0 Å². The van der Waals surface area contributed by atoms with E-state index in [1.165, 1.54) is 71.1 Å². The van der Waals surface area contributed by atoms with E-state index < -0.39 is 0 Å². The second-order valence-electron chi connectivity index (χ2n) is 7.21. The van der Waals surface area contributed by atoms with E-state index in [4.69, 9.17) is 0 Å². The van der Waals surface area contributed by atoms with Gasteiger partial charge in [0.15, 0.2) is 0 Å². The van der Waals surface area contributed by atoms with Gasteiger partial charge < -0.3 is 10.2 Å². The maximum absolute atomic E-state index is 3.58. The van der Waals surface area contributed by atoms with Gasteiger partial charge in [-0.3, -0.25) is 0 Å². The molecule has 1 rings (SSSR count). The summed E-state index contributed by atoms with van der Waals surface area (Å²) in [5.41, 5.74) is 0.577. The van der Waals surface area contributed by atoms with Gasteiger partial charge in [-0.15, -0.1) is 0 Å². The number of hydrogen-bond donors (Lipinski definition) is 1. The quantitative estimate of drug-likeness (QED) is 0.668. The fraction of sp³-hybridized carbons (Fsp3) is 1.00. The molecular formula is C17H36N2. The number of likely N-dealkylation sites (tertiary alicyclic amines) is 1. The second-order valence-corrected chi connectivity index (χ2v) is 7.21. The summed E-state index contributed by atoms with van der Waals surface area (Å²) >= 11 is 0. The van der Waals surface area contributed by atoms with Crippen LogP contribution in [0, 0.1) is 5.41 Å². The Balaban J connectivity index is 2.06. The van der Waals surface area contributed by atoms with Crippen molar-refractivity contribution in [3.8, 4) is 0 Å². The standard InChI is InChI=1S/C17H36N2/c1-5-12-18-16(2)9-6-7-13-19-14-8-10-17(3,4)11-15-19/h16,18H,5-15H2,1-4H3. The van der Waals surface area contributed by atoms with Gasteiger partial charge in [-0.1, -0.05) is 27.2 Å². The first kappa shape index (κ1) is 17.0. The van der Waals surface area contributed by atoms with Gasteiger partial charge in [-0.25, -0.2) is 0 Å². The number of nitrogens with one attached hydrogen (secondary N) is 1. The molecule has 0 saturated carbocycles. The topological polar surface area (TPSA) is 15.3 Å². The highest BCUT2D eigenvalue weighted by molar-refractivity contribution is 4.76. The number of rotatable bonds is 8. The zero-order chi connectivity index (χ0) is 14.1. The van der Waals surface area contributed by atoms with E-state index in [-0.39, 0.29) is 0 Å². The Morgan fingerprint density at radius 3 is 2.68 bits per heavy atom. The molecule has 0 aromatic carbocycles. The van der Waals surface area contributed by atoms with Crippen LogP contribution >= 0.6 is 0 Å². The number of unbranched alkanes of at least 4 members (excludes halogenated alkanes) is 1. The lowest BCUT2D eigenvalue weighted by molar-refractivity contribution is 0.256. The summed E-state index contributed by atoms with van der Waals surface area (Å²) in [5, 5.41) is 3.58. The largest absolute Gasteiger partial charge is 0.314 e. The molecule has 0 aliphatic carbocycles. The monoisotopic (exact) mass is 268 g/mol. The molecule has 0 radical (unpaired) electrons. The molecular weight excluding hydrogens is 232 g/mol. The average Bonchev–Trinajstić information content (AvgIpc) is 2.53. The minimum Gasteiger partial charge on any atom is -0.314 e. The van der Waals surface area contributed by atoms with Crippen molar-refractivity contribution in [1.82, 2.24) is 10.2 Å². The van der Waals surface area contributed by atoms with Crippen LogP contribution in [0.4, 0.5) is 0 Å². The van der Waals surface area contributed by atoms with E-state index in [0.717, 1.165) is 0 Å². The molecule has 114 valence electrons. The third-order valence-corrected chi connectivity index (χ3v) is 4.54. The van der Waals surface area contributed by atoms with Gasteiger partial charge in [0, 0.05) is 6.04 Å². The fourth-order valence-corrected chi connectivity index (χ4v) is 2.98. The van der Waals surface area contributed by atoms with Crippen LogP contribution in [0.25, 0.3) is 0 Å². The predicted octanol–water partition coefficient (Wildman–Crippen LogP) is 4.06. The van der Waals surface area contributed by atoms with Crippen LogP contribution in [0.5, 0.6) is 0 Å². The summed E-state index contributed by atoms with van der Waals surface area (Å²) in [6.45, 7) is 14.5. The smallest absolute Gasteiger partial charge is 0.00387 e. The number of hydrogen-bond acceptors (Lipinski definition) is 2. The van der Waals surface area contributed by atoms with Crippen LogP contribution in [0.1, 0.15) is 72.6 Å². The molecule has 1 aliphatic heterocycles. The van der Waals surface area contributed by atoms with Crippen LogP contribution in [0.3, 0.4) is 0 Å². The maximum atomic E-state index is 3.58. The molecule has 1 fully saturated rings. The van der Waals surface area contributed by atoms with E-state index in [1.807, 2.05) is 0 Å². The minimum atomic E-state index is 0.577. The zero-order valence-corrected chi connectivity index (χ0v) is 13.8. The van der Waals surface area contributed by atoms with Crippen molar-refractivity contribution in [2.45, 2.75) is 78.7 Å². The van der Waals surface area contributed by atoms with Crippen molar-refractivity contribution in [3.05, 3.63) is 0 Å². The van der Waals surface area contributed by atoms with Gasteiger partial charge in [0.05, 0.1) is 0 Å². The molecule has 2 nitrogen and oxygen atoms in total. The van der Waals surface area contributed by atoms with E-state index in [1.54, 1.807) is 0 Å². The Bertz CT molecular complexity index is 225. The van der Waals surface area contributed by atoms with E-state index >= 15 is 0 Å². The molecule has 0 amide bonds. The van der Waals surface area contributed by atoms with Crippen LogP contribution in [-0.4, -0.2) is 37.1 Å². The highest BCUT2D eigenvalue weighted by atomic mass is 15.1. The predicted molar refractivity (Wildman–Crippen MR) is 85.7 cm³/mol. The molecule has 19 heavy (non-hydrogen) atoms. The Labute approximate surface area is 121 Å². The van der Waals surface area contributed by atoms with Crippen molar-refractivity contribution < 1.29 is 0 Å². The first-order chi connectivity index (χ1) is 9.03. The summed E-state index contributed by atoms with van der Waals surface area (Å²) in [4.78, 5) is 2.69. The van der Waals surface area contributed by atoms with Crippen LogP contribution in [0.2, 0.25) is 0 Å². The molecule has 1 unspecified atom stereocenters. The lowest BCUT2D eigenvalue weighted by atomic mass is 9.85. The molecule has 1 aliphatic rings. The minimum absolute atomic E-state index is 0.577. The lowest BCUT2D eigenvalue weighted by Crippen LogP contribution is -2.28. The maximum Gasteiger partial charge on any atom is 0.00387 e. The summed E-state index contributed by atoms with van der Waals surface area (Å²) in [6, 6.07) is 0.697. The molecule has 1 N–H and O–H groups in total. The summed E-state index contributed by atoms with van der Waals surface area (Å²) < 4.78 is 0. The van der Waals surface area contributed by atoms with Crippen molar-refractivity contribution >= 4 is 0 Å². The normalized spacial score (nSPS) is 22.1. The van der Waals surface area contributed by atoms with Crippen molar-refractivity contribution in [2.75, 3.05) is 26.2 Å². The van der Waals surface area contributed by atoms with E-state index in [2.05, 4.69) is 37.9 Å². The average molecular weight is 268 g/mol. The van der Waals surface area contributed by atoms with Gasteiger partial charge in [0.25, 0.3) is 0 Å². The molecule has 1 atom stereocenters. The molecule has 0 aromatic heterocycles. The van der Waals surface area contributed by atoms with Crippen LogP contribution in [0.15, 0.2) is 0 Å². The molecule has 0 bridgehead atoms. The Hall–Kier alpha value is -0.0800. The van der Waals surface area contributed by atoms with Crippen LogP contribution in [-0.2, 0) is 0 Å². The zero-order valence-electron chi connectivity index (χ0n) is 13.8. The molecule has 1 heterocycles. The van der Waals surface area contributed by atoms with E-state index in [0.29, 0.717) is 11.5 Å². The molecule has 1 saturated heterocycles. The Morgan fingerprint density at radius 1 is 1.16 bits per heavy atom. The SMILES string of the molecule is CCCNC(C)CCCCN1CCCC(C)(C)CC1. The number of nitrogens with zero attached hydrogens (tertiary/aromatic N) is 1. The van der Waals surface area contributed by atoms with Gasteiger partial charge in [-0.2, -0.15) is 0 Å². The van der Waals surface area contributed by atoms with Gasteiger partial charge in [0.2, 0.25) is 0 Å². The van der Waals surface area contributed by atoms with Crippen molar-refractivity contribution in [1.29, 1.82) is 0 Å². The van der Waals surface area contributed by atoms with Gasteiger partial charge in [0.1, 0.15) is 0 Å². The van der Waals surface area contributed by atoms with E-state index in [9.17, 15) is 0 Å². The summed E-state index contributed by atoms with van der Waals surface area (Å²) in [6.07, 6.45) is 9.49.